The van der Waals surface area contributed by atoms with Gasteiger partial charge in [-0.15, -0.1) is 12.4 Å². The van der Waals surface area contributed by atoms with Crippen LogP contribution in [0.15, 0.2) is 23.1 Å². The van der Waals surface area contributed by atoms with Crippen molar-refractivity contribution in [1.82, 2.24) is 10.0 Å². The second kappa shape index (κ2) is 6.85. The number of sulfonamides is 1. The van der Waals surface area contributed by atoms with Crippen LogP contribution in [0.1, 0.15) is 18.9 Å². The molecule has 20 heavy (non-hydrogen) atoms. The lowest BCUT2D eigenvalue weighted by atomic mass is 9.97. The van der Waals surface area contributed by atoms with E-state index < -0.39 is 15.8 Å². The summed E-state index contributed by atoms with van der Waals surface area (Å²) >= 11 is 0. The van der Waals surface area contributed by atoms with Gasteiger partial charge in [0.1, 0.15) is 10.7 Å². The van der Waals surface area contributed by atoms with Gasteiger partial charge in [-0.3, -0.25) is 0 Å². The maximum atomic E-state index is 13.8. The molecule has 1 saturated heterocycles. The van der Waals surface area contributed by atoms with Crippen LogP contribution in [0.5, 0.6) is 0 Å². The van der Waals surface area contributed by atoms with Gasteiger partial charge in [-0.2, -0.15) is 0 Å². The molecule has 0 bridgehead atoms. The van der Waals surface area contributed by atoms with E-state index in [-0.39, 0.29) is 29.3 Å². The molecule has 2 N–H and O–H groups in total. The van der Waals surface area contributed by atoms with E-state index in [0.717, 1.165) is 13.1 Å². The Kier molecular flexibility index (Phi) is 5.94. The molecule has 1 heterocycles. The minimum atomic E-state index is -3.81. The molecule has 0 amide bonds. The molecule has 1 aliphatic rings. The molecule has 2 atom stereocenters. The molecular weight excluding hydrogens is 303 g/mol. The first-order valence-corrected chi connectivity index (χ1v) is 7.88. The van der Waals surface area contributed by atoms with Gasteiger partial charge < -0.3 is 5.32 Å². The van der Waals surface area contributed by atoms with Gasteiger partial charge in [0.15, 0.2) is 0 Å². The number of aryl methyl sites for hydroxylation is 1. The number of piperidine rings is 1. The number of hydrogen-bond acceptors (Lipinski definition) is 3. The van der Waals surface area contributed by atoms with Crippen molar-refractivity contribution in [3.63, 3.8) is 0 Å². The quantitative estimate of drug-likeness (QED) is 0.892. The van der Waals surface area contributed by atoms with Crippen LogP contribution in [-0.4, -0.2) is 27.5 Å². The SMILES string of the molecule is Cc1cccc(F)c1S(=O)(=O)NC1CCNCC1C.Cl. The van der Waals surface area contributed by atoms with E-state index in [1.54, 1.807) is 13.0 Å². The molecule has 4 nitrogen and oxygen atoms in total. The van der Waals surface area contributed by atoms with Crippen LogP contribution in [0.25, 0.3) is 0 Å². The average Bonchev–Trinajstić information content (AvgIpc) is 2.31. The zero-order valence-corrected chi connectivity index (χ0v) is 13.2. The summed E-state index contributed by atoms with van der Waals surface area (Å²) in [5.41, 5.74) is 0.425. The fourth-order valence-corrected chi connectivity index (χ4v) is 4.09. The highest BCUT2D eigenvalue weighted by Crippen LogP contribution is 2.21. The number of rotatable bonds is 3. The Balaban J connectivity index is 0.00000200. The van der Waals surface area contributed by atoms with Crippen LogP contribution in [0.4, 0.5) is 4.39 Å². The van der Waals surface area contributed by atoms with Crippen LogP contribution >= 0.6 is 12.4 Å². The van der Waals surface area contributed by atoms with Gasteiger partial charge in [-0.1, -0.05) is 19.1 Å². The van der Waals surface area contributed by atoms with E-state index in [2.05, 4.69) is 10.0 Å². The van der Waals surface area contributed by atoms with Crippen molar-refractivity contribution in [3.8, 4) is 0 Å². The zero-order chi connectivity index (χ0) is 14.0. The lowest BCUT2D eigenvalue weighted by molar-refractivity contribution is 0.327. The van der Waals surface area contributed by atoms with Crippen molar-refractivity contribution in [2.24, 2.45) is 5.92 Å². The number of halogens is 2. The van der Waals surface area contributed by atoms with Crippen molar-refractivity contribution < 1.29 is 12.8 Å². The Morgan fingerprint density at radius 2 is 2.10 bits per heavy atom. The molecule has 1 aliphatic heterocycles. The predicted octanol–water partition coefficient (Wildman–Crippen LogP) is 1.83. The standard InChI is InChI=1S/C13H19FN2O2S.ClH/c1-9-4-3-5-11(14)13(9)19(17,18)16-12-6-7-15-8-10(12)2;/h3-5,10,12,15-16H,6-8H2,1-2H3;1H. The summed E-state index contributed by atoms with van der Waals surface area (Å²) < 4.78 is 41.0. The fourth-order valence-electron chi connectivity index (χ4n) is 2.40. The maximum absolute atomic E-state index is 13.8. The molecule has 114 valence electrons. The first-order valence-electron chi connectivity index (χ1n) is 6.40. The van der Waals surface area contributed by atoms with E-state index in [1.165, 1.54) is 12.1 Å². The van der Waals surface area contributed by atoms with Crippen molar-refractivity contribution in [2.75, 3.05) is 13.1 Å². The lowest BCUT2D eigenvalue weighted by Gasteiger charge is -2.30. The molecule has 1 aromatic rings. The van der Waals surface area contributed by atoms with Crippen molar-refractivity contribution >= 4 is 22.4 Å². The minimum absolute atomic E-state index is 0. The Labute approximate surface area is 125 Å². The third-order valence-electron chi connectivity index (χ3n) is 3.52. The number of nitrogens with one attached hydrogen (secondary N) is 2. The van der Waals surface area contributed by atoms with Gasteiger partial charge in [0.2, 0.25) is 10.0 Å². The van der Waals surface area contributed by atoms with Crippen LogP contribution in [0.2, 0.25) is 0 Å². The van der Waals surface area contributed by atoms with E-state index in [9.17, 15) is 12.8 Å². The Hall–Kier alpha value is -0.690. The molecule has 1 fully saturated rings. The molecule has 1 aromatic carbocycles. The second-order valence-electron chi connectivity index (χ2n) is 5.08. The molecule has 0 aromatic heterocycles. The van der Waals surface area contributed by atoms with Crippen LogP contribution in [0, 0.1) is 18.7 Å². The molecule has 0 spiro atoms. The Bertz CT molecular complexity index is 545. The molecule has 2 rings (SSSR count). The summed E-state index contributed by atoms with van der Waals surface area (Å²) in [6.45, 7) is 5.12. The Morgan fingerprint density at radius 3 is 2.70 bits per heavy atom. The van der Waals surface area contributed by atoms with Gasteiger partial charge in [-0.25, -0.2) is 17.5 Å². The predicted molar refractivity (Wildman–Crippen MR) is 79.1 cm³/mol. The smallest absolute Gasteiger partial charge is 0.244 e. The van der Waals surface area contributed by atoms with Crippen molar-refractivity contribution in [3.05, 3.63) is 29.6 Å². The van der Waals surface area contributed by atoms with E-state index in [0.29, 0.717) is 12.0 Å². The molecule has 2 unspecified atom stereocenters. The van der Waals surface area contributed by atoms with Crippen LogP contribution in [0.3, 0.4) is 0 Å². The first-order chi connectivity index (χ1) is 8.92. The zero-order valence-electron chi connectivity index (χ0n) is 11.5. The van der Waals surface area contributed by atoms with Crippen molar-refractivity contribution in [1.29, 1.82) is 0 Å². The molecular formula is C13H20ClFN2O2S. The van der Waals surface area contributed by atoms with Gasteiger partial charge in [0.25, 0.3) is 0 Å². The molecule has 7 heteroatoms. The van der Waals surface area contributed by atoms with E-state index in [4.69, 9.17) is 0 Å². The number of benzene rings is 1. The Morgan fingerprint density at radius 1 is 1.40 bits per heavy atom. The highest BCUT2D eigenvalue weighted by Gasteiger charge is 2.29. The number of hydrogen-bond donors (Lipinski definition) is 2. The molecule has 0 aliphatic carbocycles. The van der Waals surface area contributed by atoms with Crippen LogP contribution < -0.4 is 10.0 Å². The summed E-state index contributed by atoms with van der Waals surface area (Å²) in [6, 6.07) is 4.14. The lowest BCUT2D eigenvalue weighted by Crippen LogP contribution is -2.48. The normalized spacial score (nSPS) is 23.1. The summed E-state index contributed by atoms with van der Waals surface area (Å²) in [5, 5.41) is 3.20. The second-order valence-corrected chi connectivity index (χ2v) is 6.73. The highest BCUT2D eigenvalue weighted by atomic mass is 35.5. The average molecular weight is 323 g/mol. The first kappa shape index (κ1) is 17.4. The molecule has 0 saturated carbocycles. The third-order valence-corrected chi connectivity index (χ3v) is 5.19. The summed E-state index contributed by atoms with van der Waals surface area (Å²) in [6.07, 6.45) is 0.716. The molecule has 0 radical (unpaired) electrons. The summed E-state index contributed by atoms with van der Waals surface area (Å²) in [4.78, 5) is -0.235. The topological polar surface area (TPSA) is 58.2 Å². The minimum Gasteiger partial charge on any atom is -0.316 e. The highest BCUT2D eigenvalue weighted by molar-refractivity contribution is 7.89. The van der Waals surface area contributed by atoms with Gasteiger partial charge >= 0.3 is 0 Å². The largest absolute Gasteiger partial charge is 0.316 e. The monoisotopic (exact) mass is 322 g/mol. The summed E-state index contributed by atoms with van der Waals surface area (Å²) in [7, 11) is -3.81. The fraction of sp³-hybridized carbons (Fsp3) is 0.538. The van der Waals surface area contributed by atoms with Crippen LogP contribution in [-0.2, 0) is 10.0 Å². The van der Waals surface area contributed by atoms with Crippen molar-refractivity contribution in [2.45, 2.75) is 31.2 Å². The van der Waals surface area contributed by atoms with Gasteiger partial charge in [0, 0.05) is 6.04 Å². The van der Waals surface area contributed by atoms with E-state index in [1.807, 2.05) is 6.92 Å². The van der Waals surface area contributed by atoms with Gasteiger partial charge in [0.05, 0.1) is 0 Å². The third kappa shape index (κ3) is 3.69. The van der Waals surface area contributed by atoms with Gasteiger partial charge in [-0.05, 0) is 44.0 Å². The maximum Gasteiger partial charge on any atom is 0.244 e. The van der Waals surface area contributed by atoms with E-state index >= 15 is 0 Å². The summed E-state index contributed by atoms with van der Waals surface area (Å²) in [5.74, 6) is -0.510.